The maximum atomic E-state index is 12.3. The number of hydrogen-bond acceptors (Lipinski definition) is 3. The van der Waals surface area contributed by atoms with Crippen molar-refractivity contribution in [2.24, 2.45) is 0 Å². The van der Waals surface area contributed by atoms with E-state index in [0.29, 0.717) is 18.7 Å². The van der Waals surface area contributed by atoms with Crippen molar-refractivity contribution in [3.05, 3.63) is 29.8 Å². The molecular formula is C15H22N2O3S. The fourth-order valence-corrected chi connectivity index (χ4v) is 2.36. The lowest BCUT2D eigenvalue weighted by Crippen LogP contribution is -2.48. The van der Waals surface area contributed by atoms with Gasteiger partial charge < -0.3 is 10.4 Å². The maximum Gasteiger partial charge on any atom is 0.326 e. The summed E-state index contributed by atoms with van der Waals surface area (Å²) < 4.78 is 0. The molecule has 116 valence electrons. The largest absolute Gasteiger partial charge is 0.480 e. The van der Waals surface area contributed by atoms with E-state index in [4.69, 9.17) is 5.11 Å². The standard InChI is InChI=1S/C15H22N2O3S/c1-4-17(12-7-5-11(2)6-8-12)15(20)16-13(14(18)19)9-10-21-3/h5-8,13H,4,9-10H2,1-3H3,(H,16,20)(H,18,19). The monoisotopic (exact) mass is 310 g/mol. The highest BCUT2D eigenvalue weighted by molar-refractivity contribution is 7.98. The summed E-state index contributed by atoms with van der Waals surface area (Å²) in [7, 11) is 0. The Morgan fingerprint density at radius 1 is 1.33 bits per heavy atom. The number of carbonyl (C=O) groups excluding carboxylic acids is 1. The number of anilines is 1. The zero-order valence-corrected chi connectivity index (χ0v) is 13.4. The van der Waals surface area contributed by atoms with Gasteiger partial charge in [-0.15, -0.1) is 0 Å². The third-order valence-corrected chi connectivity index (χ3v) is 3.76. The van der Waals surface area contributed by atoms with Crippen molar-refractivity contribution in [1.82, 2.24) is 5.32 Å². The molecule has 0 fully saturated rings. The Balaban J connectivity index is 2.77. The van der Waals surface area contributed by atoms with Crippen LogP contribution < -0.4 is 10.2 Å². The highest BCUT2D eigenvalue weighted by Crippen LogP contribution is 2.15. The fraction of sp³-hybridized carbons (Fsp3) is 0.467. The normalized spacial score (nSPS) is 11.8. The Morgan fingerprint density at radius 3 is 2.43 bits per heavy atom. The quantitative estimate of drug-likeness (QED) is 0.812. The number of thioether (sulfide) groups is 1. The van der Waals surface area contributed by atoms with Crippen LogP contribution >= 0.6 is 11.8 Å². The van der Waals surface area contributed by atoms with E-state index in [9.17, 15) is 9.59 Å². The molecule has 21 heavy (non-hydrogen) atoms. The predicted octanol–water partition coefficient (Wildman–Crippen LogP) is 2.74. The lowest BCUT2D eigenvalue weighted by molar-refractivity contribution is -0.139. The minimum atomic E-state index is -1.00. The van der Waals surface area contributed by atoms with Gasteiger partial charge in [-0.3, -0.25) is 4.90 Å². The number of aryl methyl sites for hydroxylation is 1. The van der Waals surface area contributed by atoms with E-state index in [1.165, 1.54) is 4.90 Å². The van der Waals surface area contributed by atoms with E-state index in [-0.39, 0.29) is 6.03 Å². The van der Waals surface area contributed by atoms with Gasteiger partial charge in [0.15, 0.2) is 0 Å². The molecule has 0 aromatic heterocycles. The topological polar surface area (TPSA) is 69.6 Å². The molecule has 1 unspecified atom stereocenters. The molecule has 1 rings (SSSR count). The van der Waals surface area contributed by atoms with Crippen LogP contribution in [0.2, 0.25) is 0 Å². The summed E-state index contributed by atoms with van der Waals surface area (Å²) in [6, 6.07) is 6.33. The summed E-state index contributed by atoms with van der Waals surface area (Å²) in [5.41, 5.74) is 1.87. The van der Waals surface area contributed by atoms with Crippen LogP contribution in [0.1, 0.15) is 18.9 Å². The van der Waals surface area contributed by atoms with Crippen LogP contribution in [0.3, 0.4) is 0 Å². The van der Waals surface area contributed by atoms with Crippen molar-refractivity contribution in [1.29, 1.82) is 0 Å². The first-order chi connectivity index (χ1) is 9.99. The number of urea groups is 1. The highest BCUT2D eigenvalue weighted by atomic mass is 32.2. The van der Waals surface area contributed by atoms with Crippen molar-refractivity contribution in [3.8, 4) is 0 Å². The van der Waals surface area contributed by atoms with E-state index in [0.717, 1.165) is 11.3 Å². The van der Waals surface area contributed by atoms with Crippen LogP contribution in [0.25, 0.3) is 0 Å². The van der Waals surface area contributed by atoms with Gasteiger partial charge in [0.05, 0.1) is 0 Å². The Labute approximate surface area is 129 Å². The summed E-state index contributed by atoms with van der Waals surface area (Å²) in [5.74, 6) is -0.314. The average Bonchev–Trinajstić information content (AvgIpc) is 2.46. The fourth-order valence-electron chi connectivity index (χ4n) is 1.89. The van der Waals surface area contributed by atoms with Gasteiger partial charge in [0.25, 0.3) is 0 Å². The Hall–Kier alpha value is -1.69. The van der Waals surface area contributed by atoms with Gasteiger partial charge in [-0.25, -0.2) is 9.59 Å². The summed E-state index contributed by atoms with van der Waals surface area (Å²) >= 11 is 1.56. The molecule has 0 saturated heterocycles. The van der Waals surface area contributed by atoms with Gasteiger partial charge in [0, 0.05) is 12.2 Å². The van der Waals surface area contributed by atoms with Crippen molar-refractivity contribution in [2.45, 2.75) is 26.3 Å². The molecule has 0 heterocycles. The molecule has 0 saturated carbocycles. The van der Waals surface area contributed by atoms with Crippen molar-refractivity contribution < 1.29 is 14.7 Å². The summed E-state index contributed by atoms with van der Waals surface area (Å²) in [4.78, 5) is 25.0. The molecule has 0 aliphatic heterocycles. The Morgan fingerprint density at radius 2 is 1.95 bits per heavy atom. The number of carboxylic acids is 1. The summed E-state index contributed by atoms with van der Waals surface area (Å²) in [5, 5.41) is 11.8. The second-order valence-corrected chi connectivity index (χ2v) is 5.69. The van der Waals surface area contributed by atoms with Crippen LogP contribution in [-0.4, -0.2) is 41.7 Å². The van der Waals surface area contributed by atoms with E-state index < -0.39 is 12.0 Å². The summed E-state index contributed by atoms with van der Waals surface area (Å²) in [6.07, 6.45) is 2.32. The molecule has 2 N–H and O–H groups in total. The van der Waals surface area contributed by atoms with Gasteiger partial charge in [-0.2, -0.15) is 11.8 Å². The van der Waals surface area contributed by atoms with E-state index in [1.54, 1.807) is 11.8 Å². The third-order valence-electron chi connectivity index (χ3n) is 3.11. The minimum Gasteiger partial charge on any atom is -0.480 e. The molecule has 0 spiro atoms. The maximum absolute atomic E-state index is 12.3. The average molecular weight is 310 g/mol. The first kappa shape index (κ1) is 17.4. The lowest BCUT2D eigenvalue weighted by atomic mass is 10.2. The van der Waals surface area contributed by atoms with E-state index in [2.05, 4.69) is 5.32 Å². The number of nitrogens with one attached hydrogen (secondary N) is 1. The van der Waals surface area contributed by atoms with Crippen LogP contribution in [0, 0.1) is 6.92 Å². The molecule has 5 nitrogen and oxygen atoms in total. The molecule has 0 bridgehead atoms. The van der Waals surface area contributed by atoms with Crippen LogP contribution in [0.15, 0.2) is 24.3 Å². The van der Waals surface area contributed by atoms with Crippen LogP contribution in [0.4, 0.5) is 10.5 Å². The SMILES string of the molecule is CCN(C(=O)NC(CCSC)C(=O)O)c1ccc(C)cc1. The zero-order chi connectivity index (χ0) is 15.8. The number of carbonyl (C=O) groups is 2. The van der Waals surface area contributed by atoms with Gasteiger partial charge in [0.2, 0.25) is 0 Å². The Kier molecular flexibility index (Phi) is 7.08. The smallest absolute Gasteiger partial charge is 0.326 e. The lowest BCUT2D eigenvalue weighted by Gasteiger charge is -2.24. The number of aliphatic carboxylic acids is 1. The molecule has 0 radical (unpaired) electrons. The molecule has 1 aromatic rings. The van der Waals surface area contributed by atoms with E-state index >= 15 is 0 Å². The van der Waals surface area contributed by atoms with Crippen LogP contribution in [0.5, 0.6) is 0 Å². The summed E-state index contributed by atoms with van der Waals surface area (Å²) in [6.45, 7) is 4.31. The molecule has 2 amide bonds. The first-order valence-corrected chi connectivity index (χ1v) is 8.25. The zero-order valence-electron chi connectivity index (χ0n) is 12.6. The molecule has 6 heteroatoms. The number of benzene rings is 1. The number of rotatable bonds is 7. The number of hydrogen-bond donors (Lipinski definition) is 2. The number of amides is 2. The van der Waals surface area contributed by atoms with Gasteiger partial charge >= 0.3 is 12.0 Å². The molecule has 0 aliphatic rings. The van der Waals surface area contributed by atoms with Crippen molar-refractivity contribution >= 4 is 29.4 Å². The van der Waals surface area contributed by atoms with Crippen molar-refractivity contribution in [3.63, 3.8) is 0 Å². The molecule has 0 aliphatic carbocycles. The third kappa shape index (κ3) is 5.30. The predicted molar refractivity (Wildman–Crippen MR) is 87.2 cm³/mol. The van der Waals surface area contributed by atoms with Gasteiger partial charge in [0.1, 0.15) is 6.04 Å². The van der Waals surface area contributed by atoms with Gasteiger partial charge in [-0.1, -0.05) is 17.7 Å². The Bertz CT molecular complexity index is 476. The van der Waals surface area contributed by atoms with Gasteiger partial charge in [-0.05, 0) is 44.4 Å². The molecule has 1 aromatic carbocycles. The second kappa shape index (κ2) is 8.56. The van der Waals surface area contributed by atoms with Crippen molar-refractivity contribution in [2.75, 3.05) is 23.5 Å². The molecular weight excluding hydrogens is 288 g/mol. The number of nitrogens with zero attached hydrogens (tertiary/aromatic N) is 1. The number of carboxylic acid groups (broad SMARTS) is 1. The molecule has 1 atom stereocenters. The van der Waals surface area contributed by atoms with Crippen LogP contribution in [-0.2, 0) is 4.79 Å². The first-order valence-electron chi connectivity index (χ1n) is 6.86. The second-order valence-electron chi connectivity index (χ2n) is 4.70. The minimum absolute atomic E-state index is 0.380. The highest BCUT2D eigenvalue weighted by Gasteiger charge is 2.22. The van der Waals surface area contributed by atoms with E-state index in [1.807, 2.05) is 44.4 Å².